The van der Waals surface area contributed by atoms with Crippen LogP contribution in [0.3, 0.4) is 0 Å². The second-order valence-corrected chi connectivity index (χ2v) is 17.3. The molecule has 1 aliphatic carbocycles. The summed E-state index contributed by atoms with van der Waals surface area (Å²) in [5.41, 5.74) is 13.9. The molecule has 2 aromatic carbocycles. The van der Waals surface area contributed by atoms with Gasteiger partial charge < -0.3 is 45.4 Å². The molecule has 53 heavy (non-hydrogen) atoms. The predicted octanol–water partition coefficient (Wildman–Crippen LogP) is 7.45. The Balaban J connectivity index is 1.32. The average Bonchev–Trinajstić information content (AvgIpc) is 3.80. The van der Waals surface area contributed by atoms with Crippen LogP contribution in [0.15, 0.2) is 47.0 Å². The minimum absolute atomic E-state index is 0.0572. The summed E-state index contributed by atoms with van der Waals surface area (Å²) in [7, 11) is 2.66. The molecule has 282 valence electrons. The molecule has 10 heteroatoms. The number of aliphatic imine (C=N–C) groups is 1. The van der Waals surface area contributed by atoms with Gasteiger partial charge in [-0.15, -0.1) is 5.25 Å². The average molecular weight is 736 g/mol. The minimum Gasteiger partial charge on any atom is -0.497 e. The van der Waals surface area contributed by atoms with E-state index < -0.39 is 16.4 Å². The van der Waals surface area contributed by atoms with E-state index >= 15 is 0 Å². The molecule has 4 aliphatic rings. The summed E-state index contributed by atoms with van der Waals surface area (Å²) in [6.07, 6.45) is 13.7. The van der Waals surface area contributed by atoms with Crippen molar-refractivity contribution < 1.29 is 14.3 Å². The van der Waals surface area contributed by atoms with Gasteiger partial charge in [-0.3, -0.25) is 14.6 Å². The molecular weight excluding hydrogens is 681 g/mol. The first-order chi connectivity index (χ1) is 25.7. The third kappa shape index (κ3) is 7.38. The number of carbonyl (C=O) groups is 2. The molecule has 2 N–H and O–H groups in total. The maximum atomic E-state index is 14.3. The van der Waals surface area contributed by atoms with Gasteiger partial charge in [-0.2, -0.15) is 0 Å². The Morgan fingerprint density at radius 1 is 1.00 bits per heavy atom. The van der Waals surface area contributed by atoms with Crippen molar-refractivity contribution in [2.45, 2.75) is 95.4 Å². The summed E-state index contributed by atoms with van der Waals surface area (Å²) in [5.74, 6) is 0.0885. The molecule has 1 unspecified atom stereocenters. The smallest absolute Gasteiger partial charge is 0.237 e. The highest BCUT2D eigenvalue weighted by Gasteiger charge is 2.36. The van der Waals surface area contributed by atoms with Crippen LogP contribution in [-0.2, 0) is 21.8 Å². The van der Waals surface area contributed by atoms with E-state index in [0.29, 0.717) is 42.9 Å². The summed E-state index contributed by atoms with van der Waals surface area (Å²) in [4.78, 5) is 37.2. The first-order valence-corrected chi connectivity index (χ1v) is 20.9. The van der Waals surface area contributed by atoms with E-state index in [2.05, 4.69) is 38.5 Å². The van der Waals surface area contributed by atoms with Crippen LogP contribution in [-0.4, -0.2) is 89.7 Å². The molecule has 3 fully saturated rings. The summed E-state index contributed by atoms with van der Waals surface area (Å²) in [6, 6.07) is 12.8. The van der Waals surface area contributed by atoms with Gasteiger partial charge >= 0.3 is 0 Å². The Labute approximate surface area is 317 Å². The molecule has 2 saturated heterocycles. The van der Waals surface area contributed by atoms with Crippen LogP contribution in [0.5, 0.6) is 5.75 Å². The maximum Gasteiger partial charge on any atom is 0.237 e. The molecule has 1 aromatic heterocycles. The zero-order chi connectivity index (χ0) is 37.2. The lowest BCUT2D eigenvalue weighted by atomic mass is 9.81. The van der Waals surface area contributed by atoms with Gasteiger partial charge in [-0.25, -0.2) is 0 Å². The summed E-state index contributed by atoms with van der Waals surface area (Å²) in [5, 5.41) is 9.88. The van der Waals surface area contributed by atoms with Crippen molar-refractivity contribution in [3.8, 4) is 22.7 Å². The number of rotatable bonds is 8. The molecule has 7 rings (SSSR count). The third-order valence-electron chi connectivity index (χ3n) is 12.0. The molecule has 9 nitrogen and oxygen atoms in total. The van der Waals surface area contributed by atoms with Gasteiger partial charge in [0.1, 0.15) is 11.7 Å². The molecule has 0 spiro atoms. The lowest BCUT2D eigenvalue weighted by Gasteiger charge is -2.37. The van der Waals surface area contributed by atoms with Gasteiger partial charge in [0.15, 0.2) is 0 Å². The van der Waals surface area contributed by atoms with Crippen LogP contribution in [0.4, 0.5) is 0 Å². The number of amides is 2. The number of methoxy groups -OCH3 is 1. The number of nitrogens with one attached hydrogen (secondary N) is 2. The van der Waals surface area contributed by atoms with E-state index in [-0.39, 0.29) is 17.1 Å². The number of benzene rings is 2. The van der Waals surface area contributed by atoms with E-state index in [1.807, 2.05) is 36.9 Å². The number of hydrogen-bond donors (Lipinski definition) is 2. The monoisotopic (exact) mass is 735 g/mol. The fourth-order valence-electron chi connectivity index (χ4n) is 9.13. The van der Waals surface area contributed by atoms with E-state index in [0.717, 1.165) is 77.8 Å². The highest BCUT2D eigenvalue weighted by Crippen LogP contribution is 2.47. The van der Waals surface area contributed by atoms with Gasteiger partial charge in [0, 0.05) is 54.4 Å². The Morgan fingerprint density at radius 3 is 2.40 bits per heavy atom. The number of nitrogens with zero attached hydrogens (tertiary/aromatic N) is 4. The lowest BCUT2D eigenvalue weighted by molar-refractivity contribution is -0.133. The van der Waals surface area contributed by atoms with Crippen LogP contribution in [0, 0.1) is 17.0 Å². The van der Waals surface area contributed by atoms with Gasteiger partial charge in [0.25, 0.3) is 0 Å². The number of aromatic nitrogens is 1. The highest BCUT2D eigenvalue weighted by molar-refractivity contribution is 7.85. The van der Waals surface area contributed by atoms with Gasteiger partial charge in [-0.05, 0) is 111 Å². The van der Waals surface area contributed by atoms with E-state index in [9.17, 15) is 9.59 Å². The molecule has 2 amide bonds. The van der Waals surface area contributed by atoms with Crippen LogP contribution in [0.25, 0.3) is 28.2 Å². The third-order valence-corrected chi connectivity index (χ3v) is 13.4. The fourth-order valence-corrected chi connectivity index (χ4v) is 9.69. The van der Waals surface area contributed by atoms with Crippen molar-refractivity contribution in [1.82, 2.24) is 19.1 Å². The van der Waals surface area contributed by atoms with Crippen LogP contribution >= 0.6 is 0 Å². The molecule has 0 radical (unpaired) electrons. The van der Waals surface area contributed by atoms with Crippen LogP contribution < -0.4 is 9.46 Å². The Bertz CT molecular complexity index is 2020. The number of likely N-dealkylation sites (tertiary alicyclic amines) is 2. The van der Waals surface area contributed by atoms with E-state index in [1.54, 1.807) is 14.2 Å². The van der Waals surface area contributed by atoms with Gasteiger partial charge in [0.2, 0.25) is 11.8 Å². The second-order valence-electron chi connectivity index (χ2n) is 15.4. The molecule has 1 atom stereocenters. The van der Waals surface area contributed by atoms with Crippen molar-refractivity contribution in [3.63, 3.8) is 0 Å². The van der Waals surface area contributed by atoms with Crippen molar-refractivity contribution >= 4 is 51.2 Å². The van der Waals surface area contributed by atoms with Crippen molar-refractivity contribution in [1.29, 1.82) is 5.41 Å². The first-order valence-electron chi connectivity index (χ1n) is 19.6. The van der Waals surface area contributed by atoms with Gasteiger partial charge in [-0.1, -0.05) is 39.2 Å². The summed E-state index contributed by atoms with van der Waals surface area (Å²) >= 11 is 0. The molecule has 4 heterocycles. The largest absolute Gasteiger partial charge is 0.497 e. The molecular formula is C43H55N6O3S-. The Morgan fingerprint density at radius 2 is 1.74 bits per heavy atom. The summed E-state index contributed by atoms with van der Waals surface area (Å²) in [6.45, 7) is 8.16. The molecule has 3 aliphatic heterocycles. The summed E-state index contributed by atoms with van der Waals surface area (Å²) < 4.78 is 11.1. The van der Waals surface area contributed by atoms with Crippen LogP contribution in [0.2, 0.25) is 0 Å². The van der Waals surface area contributed by atoms with E-state index in [4.69, 9.17) is 20.8 Å². The number of ether oxygens (including phenoxy) is 1. The molecule has 0 bridgehead atoms. The first kappa shape index (κ1) is 37.2. The quantitative estimate of drug-likeness (QED) is 0.185. The SMILES string of the molecule is C#[S-](NC(=O)c1ccc2c(C3CCCCC3)c3n(c2c1)CC(C(=NC)C(C=N)C(=O)N1CCC(N2CCCC2)CC1)=Cc1cc(OC)ccc1-3)C(C)C. The predicted molar refractivity (Wildman–Crippen MR) is 219 cm³/mol. The topological polar surface area (TPSA) is 103 Å². The number of carbonyl (C=O) groups excluding carboxylic acids is 2. The zero-order valence-corrected chi connectivity index (χ0v) is 32.6. The fraction of sp³-hybridized carbons (Fsp3) is 0.512. The van der Waals surface area contributed by atoms with Crippen molar-refractivity contribution in [2.24, 2.45) is 10.9 Å². The Kier molecular flexibility index (Phi) is 11.3. The lowest BCUT2D eigenvalue weighted by Crippen LogP contribution is -2.49. The number of allylic oxidation sites excluding steroid dienone is 1. The second kappa shape index (κ2) is 16.1. The standard InChI is InChI=1S/C43H55N6O3S/c1-28(2)53(5)46-42(50)30-13-15-36-38(25-30)49-27-32(23-31-24-34(52-4)14-16-35(31)41(49)39(36)29-11-7-6-8-12-29)40(45-3)37(26-44)43(51)48-21-17-33(18-22-48)47-19-9-10-20-47/h5,13-16,23-26,28-29,33,37,44H,6-12,17-22,27H2,1-4H3,(H,46,50)/q-1. The van der Waals surface area contributed by atoms with Gasteiger partial charge in [0.05, 0.1) is 25.1 Å². The van der Waals surface area contributed by atoms with E-state index in [1.165, 1.54) is 43.9 Å². The number of fused-ring (bicyclic) bond motifs is 5. The van der Waals surface area contributed by atoms with Crippen molar-refractivity contribution in [3.05, 3.63) is 58.7 Å². The molecule has 1 saturated carbocycles. The Hall–Kier alpha value is -4.11. The number of hydrogen-bond acceptors (Lipinski definition) is 7. The molecule has 3 aromatic rings. The van der Waals surface area contributed by atoms with Crippen molar-refractivity contribution in [2.75, 3.05) is 40.3 Å². The minimum atomic E-state index is -0.801. The zero-order valence-electron chi connectivity index (χ0n) is 31.8. The highest BCUT2D eigenvalue weighted by atomic mass is 32.2. The number of piperidine rings is 1. The normalized spacial score (nSPS) is 19.5. The maximum absolute atomic E-state index is 14.3. The van der Waals surface area contributed by atoms with Crippen LogP contribution in [0.1, 0.15) is 99.0 Å².